The summed E-state index contributed by atoms with van der Waals surface area (Å²) >= 11 is 9.40. The molecule has 0 atom stereocenters. The maximum atomic E-state index is 12.6. The maximum Gasteiger partial charge on any atom is 0.419 e. The van der Waals surface area contributed by atoms with Crippen molar-refractivity contribution in [1.82, 2.24) is 4.57 Å². The molecule has 3 aromatic rings. The van der Waals surface area contributed by atoms with Crippen LogP contribution in [0.3, 0.4) is 0 Å². The largest absolute Gasteiger partial charge is 0.419 e. The summed E-state index contributed by atoms with van der Waals surface area (Å²) in [5, 5.41) is 3.46. The first-order chi connectivity index (χ1) is 14.0. The number of morpholine rings is 1. The third-order valence-corrected chi connectivity index (χ3v) is 5.51. The van der Waals surface area contributed by atoms with Crippen LogP contribution >= 0.6 is 27.5 Å². The number of aryl methyl sites for hydroxylation is 1. The number of carbonyl (C=O) groups excluding carboxylic acids is 1. The van der Waals surface area contributed by atoms with Gasteiger partial charge in [-0.15, -0.1) is 0 Å². The molecule has 9 heteroatoms. The second-order valence-corrected chi connectivity index (χ2v) is 8.04. The van der Waals surface area contributed by atoms with Gasteiger partial charge in [0.05, 0.1) is 30.1 Å². The summed E-state index contributed by atoms with van der Waals surface area (Å²) in [5.74, 6) is -0.695. The Morgan fingerprint density at radius 2 is 1.97 bits per heavy atom. The van der Waals surface area contributed by atoms with Crippen LogP contribution in [0.2, 0.25) is 5.02 Å². The molecular formula is C20H19BrClN3O4. The van der Waals surface area contributed by atoms with Crippen molar-refractivity contribution in [2.45, 2.75) is 13.0 Å². The Balaban J connectivity index is 1.49. The van der Waals surface area contributed by atoms with Crippen LogP contribution in [0.15, 0.2) is 50.1 Å². The molecule has 4 rings (SSSR count). The molecule has 2 aromatic carbocycles. The van der Waals surface area contributed by atoms with Gasteiger partial charge in [0.15, 0.2) is 5.58 Å². The van der Waals surface area contributed by atoms with E-state index in [1.54, 1.807) is 18.2 Å². The van der Waals surface area contributed by atoms with Crippen LogP contribution < -0.4 is 16.0 Å². The molecule has 1 N–H and O–H groups in total. The Morgan fingerprint density at radius 3 is 2.76 bits per heavy atom. The maximum absolute atomic E-state index is 12.6. The van der Waals surface area contributed by atoms with Gasteiger partial charge in [0.1, 0.15) is 0 Å². The number of halogens is 2. The van der Waals surface area contributed by atoms with Gasteiger partial charge >= 0.3 is 5.76 Å². The van der Waals surface area contributed by atoms with E-state index >= 15 is 0 Å². The molecule has 1 aromatic heterocycles. The zero-order valence-electron chi connectivity index (χ0n) is 15.5. The average Bonchev–Trinajstić information content (AvgIpc) is 3.01. The number of fused-ring (bicyclic) bond motifs is 1. The first kappa shape index (κ1) is 20.0. The van der Waals surface area contributed by atoms with Crippen molar-refractivity contribution in [2.75, 3.05) is 36.5 Å². The summed E-state index contributed by atoms with van der Waals surface area (Å²) in [6.45, 7) is 3.06. The average molecular weight is 481 g/mol. The third kappa shape index (κ3) is 4.49. The SMILES string of the molecule is O=C(CCn1c(=O)oc2cc(Cl)ccc21)Nc1cc(Br)ccc1N1CCOCC1. The molecule has 1 amide bonds. The van der Waals surface area contributed by atoms with E-state index in [1.807, 2.05) is 18.2 Å². The van der Waals surface area contributed by atoms with E-state index in [9.17, 15) is 9.59 Å². The lowest BCUT2D eigenvalue weighted by Crippen LogP contribution is -2.36. The number of ether oxygens (including phenoxy) is 1. The van der Waals surface area contributed by atoms with Crippen LogP contribution in [0.5, 0.6) is 0 Å². The first-order valence-electron chi connectivity index (χ1n) is 9.22. The van der Waals surface area contributed by atoms with E-state index in [1.165, 1.54) is 4.57 Å². The number of oxazole rings is 1. The second-order valence-electron chi connectivity index (χ2n) is 6.69. The minimum atomic E-state index is -0.508. The molecule has 1 aliphatic heterocycles. The van der Waals surface area contributed by atoms with Gasteiger partial charge in [0.2, 0.25) is 5.91 Å². The molecule has 0 aliphatic carbocycles. The molecule has 29 heavy (non-hydrogen) atoms. The van der Waals surface area contributed by atoms with Crippen molar-refractivity contribution in [3.8, 4) is 0 Å². The zero-order valence-corrected chi connectivity index (χ0v) is 17.8. The van der Waals surface area contributed by atoms with Crippen LogP contribution in [-0.2, 0) is 16.1 Å². The number of nitrogens with zero attached hydrogens (tertiary/aromatic N) is 2. The number of rotatable bonds is 5. The lowest BCUT2D eigenvalue weighted by atomic mass is 10.2. The van der Waals surface area contributed by atoms with Crippen molar-refractivity contribution in [2.24, 2.45) is 0 Å². The van der Waals surface area contributed by atoms with Crippen LogP contribution in [-0.4, -0.2) is 36.8 Å². The number of anilines is 2. The smallest absolute Gasteiger partial charge is 0.408 e. The van der Waals surface area contributed by atoms with E-state index in [0.29, 0.717) is 29.3 Å². The molecule has 1 fully saturated rings. The van der Waals surface area contributed by atoms with Crippen molar-refractivity contribution >= 4 is 55.9 Å². The van der Waals surface area contributed by atoms with Crippen molar-refractivity contribution in [1.29, 1.82) is 0 Å². The summed E-state index contributed by atoms with van der Waals surface area (Å²) in [4.78, 5) is 26.9. The molecule has 152 valence electrons. The monoisotopic (exact) mass is 479 g/mol. The highest BCUT2D eigenvalue weighted by Gasteiger charge is 2.17. The first-order valence-corrected chi connectivity index (χ1v) is 10.4. The van der Waals surface area contributed by atoms with E-state index in [4.69, 9.17) is 20.8 Å². The number of benzene rings is 2. The van der Waals surface area contributed by atoms with Gasteiger partial charge in [-0.1, -0.05) is 27.5 Å². The second kappa shape index (κ2) is 8.61. The number of aromatic nitrogens is 1. The van der Waals surface area contributed by atoms with Gasteiger partial charge in [-0.2, -0.15) is 0 Å². The quantitative estimate of drug-likeness (QED) is 0.600. The minimum Gasteiger partial charge on any atom is -0.408 e. The van der Waals surface area contributed by atoms with Crippen molar-refractivity contribution in [3.05, 3.63) is 56.4 Å². The number of hydrogen-bond donors (Lipinski definition) is 1. The predicted octanol–water partition coefficient (Wildman–Crippen LogP) is 3.88. The number of amides is 1. The van der Waals surface area contributed by atoms with Gasteiger partial charge in [-0.25, -0.2) is 4.79 Å². The van der Waals surface area contributed by atoms with E-state index < -0.39 is 5.76 Å². The van der Waals surface area contributed by atoms with E-state index in [-0.39, 0.29) is 18.9 Å². The summed E-state index contributed by atoms with van der Waals surface area (Å²) in [5.41, 5.74) is 2.70. The molecule has 0 saturated carbocycles. The standard InChI is InChI=1S/C20H19BrClN3O4/c21-13-1-3-16(24-7-9-28-10-8-24)15(11-13)23-19(26)5-6-25-17-4-2-14(22)12-18(17)29-20(25)27/h1-4,11-12H,5-10H2,(H,23,26). The lowest BCUT2D eigenvalue weighted by molar-refractivity contribution is -0.116. The molecule has 2 heterocycles. The van der Waals surface area contributed by atoms with E-state index in [2.05, 4.69) is 26.1 Å². The van der Waals surface area contributed by atoms with Gasteiger partial charge in [0, 0.05) is 41.6 Å². The highest BCUT2D eigenvalue weighted by atomic mass is 79.9. The third-order valence-electron chi connectivity index (χ3n) is 4.78. The molecular weight excluding hydrogens is 462 g/mol. The molecule has 7 nitrogen and oxygen atoms in total. The van der Waals surface area contributed by atoms with Crippen LogP contribution in [0.1, 0.15) is 6.42 Å². The molecule has 1 saturated heterocycles. The van der Waals surface area contributed by atoms with E-state index in [0.717, 1.165) is 28.9 Å². The topological polar surface area (TPSA) is 76.7 Å². The Bertz CT molecular complexity index is 1100. The zero-order chi connectivity index (χ0) is 20.4. The van der Waals surface area contributed by atoms with Crippen LogP contribution in [0, 0.1) is 0 Å². The fraction of sp³-hybridized carbons (Fsp3) is 0.300. The van der Waals surface area contributed by atoms with Gasteiger partial charge < -0.3 is 19.4 Å². The van der Waals surface area contributed by atoms with Crippen LogP contribution in [0.25, 0.3) is 11.1 Å². The summed E-state index contributed by atoms with van der Waals surface area (Å²) in [6, 6.07) is 10.8. The lowest BCUT2D eigenvalue weighted by Gasteiger charge is -2.30. The Labute approximate surface area is 180 Å². The highest BCUT2D eigenvalue weighted by molar-refractivity contribution is 9.10. The fourth-order valence-electron chi connectivity index (χ4n) is 3.37. The molecule has 0 unspecified atom stereocenters. The minimum absolute atomic E-state index is 0.131. The summed E-state index contributed by atoms with van der Waals surface area (Å²) in [7, 11) is 0. The molecule has 0 bridgehead atoms. The van der Waals surface area contributed by atoms with Crippen LogP contribution in [0.4, 0.5) is 11.4 Å². The number of hydrogen-bond acceptors (Lipinski definition) is 5. The normalized spacial score (nSPS) is 14.3. The predicted molar refractivity (Wildman–Crippen MR) is 116 cm³/mol. The summed E-state index contributed by atoms with van der Waals surface area (Å²) in [6.07, 6.45) is 0.131. The number of carbonyl (C=O) groups is 1. The van der Waals surface area contributed by atoms with Gasteiger partial charge in [0.25, 0.3) is 0 Å². The van der Waals surface area contributed by atoms with Crippen molar-refractivity contribution in [3.63, 3.8) is 0 Å². The summed E-state index contributed by atoms with van der Waals surface area (Å²) < 4.78 is 12.9. The number of nitrogens with one attached hydrogen (secondary N) is 1. The Hall–Kier alpha value is -2.29. The highest BCUT2D eigenvalue weighted by Crippen LogP contribution is 2.30. The Morgan fingerprint density at radius 1 is 1.17 bits per heavy atom. The van der Waals surface area contributed by atoms with Gasteiger partial charge in [-0.3, -0.25) is 9.36 Å². The molecule has 1 aliphatic rings. The molecule has 0 spiro atoms. The van der Waals surface area contributed by atoms with Gasteiger partial charge in [-0.05, 0) is 30.3 Å². The fourth-order valence-corrected chi connectivity index (χ4v) is 3.89. The van der Waals surface area contributed by atoms with Crippen molar-refractivity contribution < 1.29 is 13.9 Å². The Kier molecular flexibility index (Phi) is 5.94. The molecule has 0 radical (unpaired) electrons.